The highest BCUT2D eigenvalue weighted by Crippen LogP contribution is 2.31. The molecule has 2 nitrogen and oxygen atoms in total. The van der Waals surface area contributed by atoms with Gasteiger partial charge in [0.1, 0.15) is 11.6 Å². The second-order valence-electron chi connectivity index (χ2n) is 3.68. The van der Waals surface area contributed by atoms with Crippen molar-refractivity contribution in [1.29, 1.82) is 0 Å². The third-order valence-electron chi connectivity index (χ3n) is 2.65. The summed E-state index contributed by atoms with van der Waals surface area (Å²) in [6.45, 7) is 0. The summed E-state index contributed by atoms with van der Waals surface area (Å²) < 4.78 is 18.2. The first-order chi connectivity index (χ1) is 7.20. The van der Waals surface area contributed by atoms with Crippen molar-refractivity contribution in [2.75, 3.05) is 7.11 Å². The van der Waals surface area contributed by atoms with Crippen molar-refractivity contribution in [1.82, 2.24) is 0 Å². The molecule has 0 saturated heterocycles. The number of halogens is 1. The summed E-state index contributed by atoms with van der Waals surface area (Å²) in [5.41, 5.74) is 0.758. The van der Waals surface area contributed by atoms with Crippen LogP contribution in [0.15, 0.2) is 30.4 Å². The van der Waals surface area contributed by atoms with Crippen molar-refractivity contribution in [2.45, 2.75) is 18.4 Å². The topological polar surface area (TPSA) is 29.5 Å². The van der Waals surface area contributed by atoms with E-state index in [-0.39, 0.29) is 11.7 Å². The van der Waals surface area contributed by atoms with Crippen molar-refractivity contribution in [2.24, 2.45) is 0 Å². The van der Waals surface area contributed by atoms with Crippen LogP contribution < -0.4 is 4.74 Å². The highest BCUT2D eigenvalue weighted by Gasteiger charge is 2.22. The number of benzene rings is 1. The minimum Gasteiger partial charge on any atom is -0.497 e. The second kappa shape index (κ2) is 4.03. The molecule has 15 heavy (non-hydrogen) atoms. The summed E-state index contributed by atoms with van der Waals surface area (Å²) in [5, 5.41) is 9.67. The fourth-order valence-electron chi connectivity index (χ4n) is 1.87. The van der Waals surface area contributed by atoms with Gasteiger partial charge in [-0.15, -0.1) is 0 Å². The predicted octanol–water partition coefficient (Wildman–Crippen LogP) is 2.24. The lowest BCUT2D eigenvalue weighted by Crippen LogP contribution is -2.11. The summed E-state index contributed by atoms with van der Waals surface area (Å²) in [5.74, 6) is 0.0314. The summed E-state index contributed by atoms with van der Waals surface area (Å²) >= 11 is 0. The maximum Gasteiger partial charge on any atom is 0.127 e. The van der Waals surface area contributed by atoms with E-state index in [0.29, 0.717) is 12.2 Å². The van der Waals surface area contributed by atoms with Crippen LogP contribution in [0.3, 0.4) is 0 Å². The summed E-state index contributed by atoms with van der Waals surface area (Å²) in [6, 6.07) is 4.52. The highest BCUT2D eigenvalue weighted by atomic mass is 19.1. The van der Waals surface area contributed by atoms with Gasteiger partial charge in [0.15, 0.2) is 0 Å². The fourth-order valence-corrected chi connectivity index (χ4v) is 1.87. The Balaban J connectivity index is 2.35. The molecule has 0 aliphatic heterocycles. The van der Waals surface area contributed by atoms with E-state index in [2.05, 4.69) is 0 Å². The van der Waals surface area contributed by atoms with E-state index in [9.17, 15) is 9.50 Å². The van der Waals surface area contributed by atoms with Gasteiger partial charge in [-0.1, -0.05) is 12.2 Å². The Morgan fingerprint density at radius 2 is 2.20 bits per heavy atom. The normalized spacial score (nSPS) is 24.5. The lowest BCUT2D eigenvalue weighted by Gasteiger charge is -2.15. The molecule has 1 aromatic carbocycles. The van der Waals surface area contributed by atoms with E-state index in [0.717, 1.165) is 5.56 Å². The first-order valence-electron chi connectivity index (χ1n) is 4.90. The van der Waals surface area contributed by atoms with E-state index < -0.39 is 6.10 Å². The van der Waals surface area contributed by atoms with Crippen LogP contribution in [0, 0.1) is 5.82 Å². The zero-order valence-corrected chi connectivity index (χ0v) is 8.48. The van der Waals surface area contributed by atoms with Crippen LogP contribution in [0.5, 0.6) is 5.75 Å². The van der Waals surface area contributed by atoms with E-state index in [1.807, 2.05) is 12.2 Å². The average Bonchev–Trinajstić information content (AvgIpc) is 2.63. The number of aliphatic hydroxyl groups is 1. The van der Waals surface area contributed by atoms with Crippen molar-refractivity contribution in [3.05, 3.63) is 41.7 Å². The molecule has 0 fully saturated rings. The van der Waals surface area contributed by atoms with Crippen LogP contribution in [0.2, 0.25) is 0 Å². The van der Waals surface area contributed by atoms with Gasteiger partial charge in [-0.05, 0) is 24.1 Å². The molecule has 3 heteroatoms. The zero-order valence-electron chi connectivity index (χ0n) is 8.48. The zero-order chi connectivity index (χ0) is 10.8. The van der Waals surface area contributed by atoms with Gasteiger partial charge in [0.05, 0.1) is 13.2 Å². The van der Waals surface area contributed by atoms with E-state index in [1.54, 1.807) is 6.07 Å². The molecular weight excluding hydrogens is 195 g/mol. The first-order valence-corrected chi connectivity index (χ1v) is 4.90. The Hall–Kier alpha value is -1.35. The number of rotatable bonds is 2. The molecule has 2 rings (SSSR count). The number of methoxy groups -OCH3 is 1. The van der Waals surface area contributed by atoms with Crippen LogP contribution in [-0.4, -0.2) is 18.3 Å². The predicted molar refractivity (Wildman–Crippen MR) is 55.5 cm³/mol. The molecule has 0 heterocycles. The average molecular weight is 208 g/mol. The van der Waals surface area contributed by atoms with Crippen LogP contribution in [0.4, 0.5) is 4.39 Å². The van der Waals surface area contributed by atoms with Gasteiger partial charge in [-0.25, -0.2) is 4.39 Å². The summed E-state index contributed by atoms with van der Waals surface area (Å²) in [7, 11) is 1.50. The largest absolute Gasteiger partial charge is 0.497 e. The lowest BCUT2D eigenvalue weighted by atomic mass is 9.96. The smallest absolute Gasteiger partial charge is 0.127 e. The van der Waals surface area contributed by atoms with Crippen LogP contribution >= 0.6 is 0 Å². The highest BCUT2D eigenvalue weighted by molar-refractivity contribution is 5.35. The Kier molecular flexibility index (Phi) is 2.73. The van der Waals surface area contributed by atoms with Gasteiger partial charge in [-0.2, -0.15) is 0 Å². The molecule has 0 radical (unpaired) electrons. The SMILES string of the molecule is COc1cc(F)cc([C@@H]2C=CC[C@H]2O)c1. The standard InChI is InChI=1S/C12H13FO2/c1-15-10-6-8(5-9(13)7-10)11-3-2-4-12(11)14/h2-3,5-7,11-12,14H,4H2,1H3/t11-,12+/m0/s1. The Labute approximate surface area is 88.0 Å². The molecule has 80 valence electrons. The Morgan fingerprint density at radius 3 is 2.80 bits per heavy atom. The van der Waals surface area contributed by atoms with E-state index in [4.69, 9.17) is 4.74 Å². The first kappa shape index (κ1) is 10.2. The second-order valence-corrected chi connectivity index (χ2v) is 3.68. The minimum absolute atomic E-state index is 0.116. The molecule has 1 aliphatic carbocycles. The number of aliphatic hydroxyl groups excluding tert-OH is 1. The molecule has 1 aliphatic rings. The van der Waals surface area contributed by atoms with Gasteiger partial charge in [-0.3, -0.25) is 0 Å². The van der Waals surface area contributed by atoms with Gasteiger partial charge in [0.25, 0.3) is 0 Å². The molecule has 0 saturated carbocycles. The van der Waals surface area contributed by atoms with Crippen molar-refractivity contribution in [3.63, 3.8) is 0 Å². The van der Waals surface area contributed by atoms with Crippen molar-refractivity contribution >= 4 is 0 Å². The van der Waals surface area contributed by atoms with E-state index in [1.165, 1.54) is 19.2 Å². The van der Waals surface area contributed by atoms with Gasteiger partial charge in [0, 0.05) is 12.0 Å². The fraction of sp³-hybridized carbons (Fsp3) is 0.333. The maximum atomic E-state index is 13.2. The van der Waals surface area contributed by atoms with Crippen LogP contribution in [0.1, 0.15) is 17.9 Å². The van der Waals surface area contributed by atoms with Crippen molar-refractivity contribution in [3.8, 4) is 5.75 Å². The molecule has 0 aromatic heterocycles. The summed E-state index contributed by atoms with van der Waals surface area (Å²) in [6.07, 6.45) is 3.99. The monoisotopic (exact) mass is 208 g/mol. The molecular formula is C12H13FO2. The molecule has 2 atom stereocenters. The minimum atomic E-state index is -0.448. The molecule has 0 spiro atoms. The van der Waals surface area contributed by atoms with Crippen LogP contribution in [0.25, 0.3) is 0 Å². The van der Waals surface area contributed by atoms with Crippen LogP contribution in [-0.2, 0) is 0 Å². The maximum absolute atomic E-state index is 13.2. The summed E-state index contributed by atoms with van der Waals surface area (Å²) in [4.78, 5) is 0. The molecule has 0 bridgehead atoms. The van der Waals surface area contributed by atoms with Gasteiger partial charge >= 0.3 is 0 Å². The van der Waals surface area contributed by atoms with E-state index >= 15 is 0 Å². The third kappa shape index (κ3) is 2.02. The Morgan fingerprint density at radius 1 is 1.40 bits per heavy atom. The lowest BCUT2D eigenvalue weighted by molar-refractivity contribution is 0.171. The molecule has 0 amide bonds. The Bertz CT molecular complexity index is 387. The number of hydrogen-bond acceptors (Lipinski definition) is 2. The third-order valence-corrected chi connectivity index (χ3v) is 2.65. The van der Waals surface area contributed by atoms with Gasteiger partial charge in [0.2, 0.25) is 0 Å². The van der Waals surface area contributed by atoms with Crippen molar-refractivity contribution < 1.29 is 14.2 Å². The van der Waals surface area contributed by atoms with Gasteiger partial charge < -0.3 is 9.84 Å². The number of hydrogen-bond donors (Lipinski definition) is 1. The number of ether oxygens (including phenoxy) is 1. The quantitative estimate of drug-likeness (QED) is 0.755. The molecule has 1 N–H and O–H groups in total. The molecule has 1 aromatic rings. The molecule has 0 unspecified atom stereocenters.